The minimum atomic E-state index is -0.924. The molecule has 122 valence electrons. The van der Waals surface area contributed by atoms with E-state index in [1.807, 2.05) is 72.8 Å². The number of benzene rings is 2. The Bertz CT molecular complexity index is 934. The maximum atomic E-state index is 10.3. The molecule has 0 unspecified atom stereocenters. The fourth-order valence-corrected chi connectivity index (χ4v) is 3.54. The number of hydrogen-bond acceptors (Lipinski definition) is 4. The average molecular weight is 327 g/mol. The molecule has 0 fully saturated rings. The van der Waals surface area contributed by atoms with Crippen LogP contribution in [0.15, 0.2) is 72.8 Å². The number of anilines is 1. The Labute approximate surface area is 146 Å². The molecule has 0 radical (unpaired) electrons. The van der Waals surface area contributed by atoms with Crippen molar-refractivity contribution in [2.75, 3.05) is 12.4 Å². The summed E-state index contributed by atoms with van der Waals surface area (Å²) in [5.41, 5.74) is 2.60. The summed E-state index contributed by atoms with van der Waals surface area (Å²) in [6.07, 6.45) is 0. The highest BCUT2D eigenvalue weighted by atomic mass is 16.5. The molecule has 4 nitrogen and oxygen atoms in total. The van der Waals surface area contributed by atoms with Gasteiger partial charge in [0, 0.05) is 6.07 Å². The SMILES string of the molecule is COc1ccc2c(n1)[C@](C#N)(c1ccccc1)[C@@H](c1ccccc1)N2. The smallest absolute Gasteiger partial charge is 0.213 e. The second kappa shape index (κ2) is 5.95. The number of nitriles is 1. The van der Waals surface area contributed by atoms with Crippen LogP contribution < -0.4 is 10.1 Å². The van der Waals surface area contributed by atoms with Gasteiger partial charge in [-0.1, -0.05) is 60.7 Å². The summed E-state index contributed by atoms with van der Waals surface area (Å²) < 4.78 is 5.31. The van der Waals surface area contributed by atoms with Crippen molar-refractivity contribution in [1.29, 1.82) is 5.26 Å². The number of rotatable bonds is 3. The Morgan fingerprint density at radius 1 is 1.00 bits per heavy atom. The molecule has 0 saturated carbocycles. The molecule has 0 amide bonds. The highest BCUT2D eigenvalue weighted by molar-refractivity contribution is 5.68. The molecule has 3 aromatic rings. The Balaban J connectivity index is 2.00. The van der Waals surface area contributed by atoms with Crippen molar-refractivity contribution in [3.63, 3.8) is 0 Å². The van der Waals surface area contributed by atoms with Crippen molar-refractivity contribution >= 4 is 5.69 Å². The first-order chi connectivity index (χ1) is 12.3. The minimum Gasteiger partial charge on any atom is -0.481 e. The van der Waals surface area contributed by atoms with Crippen molar-refractivity contribution in [3.05, 3.63) is 89.6 Å². The molecule has 2 atom stereocenters. The van der Waals surface area contributed by atoms with Crippen LogP contribution in [0.1, 0.15) is 22.9 Å². The Morgan fingerprint density at radius 2 is 1.68 bits per heavy atom. The summed E-state index contributed by atoms with van der Waals surface area (Å²) in [5, 5.41) is 13.8. The molecule has 2 aromatic carbocycles. The normalized spacial score (nSPS) is 21.0. The molecule has 25 heavy (non-hydrogen) atoms. The molecule has 0 bridgehead atoms. The van der Waals surface area contributed by atoms with E-state index < -0.39 is 5.41 Å². The van der Waals surface area contributed by atoms with Crippen LogP contribution >= 0.6 is 0 Å². The molecule has 1 N–H and O–H groups in total. The number of nitrogens with one attached hydrogen (secondary N) is 1. The number of fused-ring (bicyclic) bond motifs is 1. The maximum absolute atomic E-state index is 10.3. The number of nitrogens with zero attached hydrogens (tertiary/aromatic N) is 2. The van der Waals surface area contributed by atoms with Crippen LogP contribution in [0.25, 0.3) is 0 Å². The molecule has 2 heterocycles. The molecule has 0 aliphatic carbocycles. The molecule has 1 aromatic heterocycles. The molecular formula is C21H17N3O. The standard InChI is InChI=1S/C21H17N3O/c1-25-18-13-12-17-20(24-18)21(14-22,16-10-6-3-7-11-16)19(23-17)15-8-4-2-5-9-15/h2-13,19,23H,1H3/t19-,21-/m1/s1. The van der Waals surface area contributed by atoms with Gasteiger partial charge in [-0.25, -0.2) is 4.98 Å². The van der Waals surface area contributed by atoms with Gasteiger partial charge in [-0.05, 0) is 17.2 Å². The molecular weight excluding hydrogens is 310 g/mol. The van der Waals surface area contributed by atoms with E-state index in [1.54, 1.807) is 7.11 Å². The summed E-state index contributed by atoms with van der Waals surface area (Å²) in [7, 11) is 1.59. The van der Waals surface area contributed by atoms with Gasteiger partial charge in [-0.15, -0.1) is 0 Å². The second-order valence-electron chi connectivity index (χ2n) is 6.02. The van der Waals surface area contributed by atoms with Crippen LogP contribution in [0, 0.1) is 11.3 Å². The molecule has 4 heteroatoms. The number of pyridine rings is 1. The van der Waals surface area contributed by atoms with E-state index in [4.69, 9.17) is 4.74 Å². The first kappa shape index (κ1) is 15.2. The van der Waals surface area contributed by atoms with Crippen LogP contribution in [-0.4, -0.2) is 12.1 Å². The molecule has 4 rings (SSSR count). The van der Waals surface area contributed by atoms with Gasteiger partial charge in [0.05, 0.1) is 30.6 Å². The number of hydrogen-bond donors (Lipinski definition) is 1. The van der Waals surface area contributed by atoms with Crippen molar-refractivity contribution in [2.45, 2.75) is 11.5 Å². The average Bonchev–Trinajstić information content (AvgIpc) is 3.03. The summed E-state index contributed by atoms with van der Waals surface area (Å²) >= 11 is 0. The second-order valence-corrected chi connectivity index (χ2v) is 6.02. The Morgan fingerprint density at radius 3 is 2.32 bits per heavy atom. The lowest BCUT2D eigenvalue weighted by atomic mass is 9.72. The third-order valence-electron chi connectivity index (χ3n) is 4.72. The number of aromatic nitrogens is 1. The monoisotopic (exact) mass is 327 g/mol. The van der Waals surface area contributed by atoms with Crippen LogP contribution in [-0.2, 0) is 5.41 Å². The van der Waals surface area contributed by atoms with Gasteiger partial charge in [0.15, 0.2) is 5.41 Å². The molecule has 1 aliphatic heterocycles. The van der Waals surface area contributed by atoms with Crippen molar-refractivity contribution in [1.82, 2.24) is 4.98 Å². The third kappa shape index (κ3) is 2.25. The van der Waals surface area contributed by atoms with E-state index in [1.165, 1.54) is 0 Å². The van der Waals surface area contributed by atoms with Crippen molar-refractivity contribution < 1.29 is 4.74 Å². The van der Waals surface area contributed by atoms with Crippen LogP contribution in [0.5, 0.6) is 5.88 Å². The zero-order chi connectivity index (χ0) is 17.3. The van der Waals surface area contributed by atoms with E-state index in [2.05, 4.69) is 16.4 Å². The van der Waals surface area contributed by atoms with Gasteiger partial charge in [0.25, 0.3) is 0 Å². The fraction of sp³-hybridized carbons (Fsp3) is 0.143. The van der Waals surface area contributed by atoms with E-state index >= 15 is 0 Å². The van der Waals surface area contributed by atoms with Crippen LogP contribution in [0.4, 0.5) is 5.69 Å². The lowest BCUT2D eigenvalue weighted by Gasteiger charge is -2.29. The quantitative estimate of drug-likeness (QED) is 0.788. The summed E-state index contributed by atoms with van der Waals surface area (Å²) in [6, 6.07) is 25.9. The van der Waals surface area contributed by atoms with Gasteiger partial charge >= 0.3 is 0 Å². The number of methoxy groups -OCH3 is 1. The molecule has 0 spiro atoms. The maximum Gasteiger partial charge on any atom is 0.213 e. The van der Waals surface area contributed by atoms with Crippen molar-refractivity contribution in [2.24, 2.45) is 0 Å². The van der Waals surface area contributed by atoms with Gasteiger partial charge in [0.1, 0.15) is 0 Å². The first-order valence-electron chi connectivity index (χ1n) is 8.13. The van der Waals surface area contributed by atoms with Gasteiger partial charge in [-0.2, -0.15) is 5.26 Å². The topological polar surface area (TPSA) is 57.9 Å². The predicted molar refractivity (Wildman–Crippen MR) is 96.4 cm³/mol. The largest absolute Gasteiger partial charge is 0.481 e. The highest BCUT2D eigenvalue weighted by Crippen LogP contribution is 2.51. The van der Waals surface area contributed by atoms with E-state index in [9.17, 15) is 5.26 Å². The zero-order valence-electron chi connectivity index (χ0n) is 13.8. The van der Waals surface area contributed by atoms with Gasteiger partial charge in [-0.3, -0.25) is 0 Å². The van der Waals surface area contributed by atoms with Gasteiger partial charge in [0.2, 0.25) is 5.88 Å². The third-order valence-corrected chi connectivity index (χ3v) is 4.72. The fourth-order valence-electron chi connectivity index (χ4n) is 3.54. The van der Waals surface area contributed by atoms with E-state index in [0.717, 1.165) is 16.8 Å². The summed E-state index contributed by atoms with van der Waals surface area (Å²) in [4.78, 5) is 4.64. The van der Waals surface area contributed by atoms with Gasteiger partial charge < -0.3 is 10.1 Å². The number of ether oxygens (including phenoxy) is 1. The molecule has 1 aliphatic rings. The first-order valence-corrected chi connectivity index (χ1v) is 8.13. The zero-order valence-corrected chi connectivity index (χ0v) is 13.8. The lowest BCUT2D eigenvalue weighted by molar-refractivity contribution is 0.394. The highest BCUT2D eigenvalue weighted by Gasteiger charge is 2.51. The van der Waals surface area contributed by atoms with Crippen LogP contribution in [0.3, 0.4) is 0 Å². The van der Waals surface area contributed by atoms with E-state index in [-0.39, 0.29) is 6.04 Å². The lowest BCUT2D eigenvalue weighted by Crippen LogP contribution is -2.32. The van der Waals surface area contributed by atoms with Crippen molar-refractivity contribution in [3.8, 4) is 11.9 Å². The van der Waals surface area contributed by atoms with Crippen LogP contribution in [0.2, 0.25) is 0 Å². The minimum absolute atomic E-state index is 0.226. The molecule has 0 saturated heterocycles. The Kier molecular flexibility index (Phi) is 3.62. The Hall–Kier alpha value is -3.32. The predicted octanol–water partition coefficient (Wildman–Crippen LogP) is 4.07. The summed E-state index contributed by atoms with van der Waals surface area (Å²) in [6.45, 7) is 0. The van der Waals surface area contributed by atoms with E-state index in [0.29, 0.717) is 11.6 Å². The summed E-state index contributed by atoms with van der Waals surface area (Å²) in [5.74, 6) is 0.504.